The van der Waals surface area contributed by atoms with Crippen molar-refractivity contribution in [3.05, 3.63) is 84.1 Å². The van der Waals surface area contributed by atoms with Gasteiger partial charge in [-0.2, -0.15) is 0 Å². The van der Waals surface area contributed by atoms with Crippen molar-refractivity contribution in [1.29, 1.82) is 0 Å². The highest BCUT2D eigenvalue weighted by molar-refractivity contribution is 6.12. The molecule has 2 fully saturated rings. The molecule has 0 radical (unpaired) electrons. The van der Waals surface area contributed by atoms with E-state index in [0.29, 0.717) is 24.7 Å². The second-order valence-electron chi connectivity index (χ2n) is 9.73. The van der Waals surface area contributed by atoms with Gasteiger partial charge in [0.05, 0.1) is 18.0 Å². The molecule has 9 nitrogen and oxygen atoms in total. The summed E-state index contributed by atoms with van der Waals surface area (Å²) in [5.41, 5.74) is 6.42. The molecule has 37 heavy (non-hydrogen) atoms. The minimum Gasteiger partial charge on any atom is -0.340 e. The van der Waals surface area contributed by atoms with E-state index in [1.165, 1.54) is 4.90 Å². The Morgan fingerprint density at radius 2 is 1.86 bits per heavy atom. The number of aromatic nitrogens is 3. The maximum Gasteiger partial charge on any atom is 0.331 e. The molecule has 2 aromatic heterocycles. The first kappa shape index (κ1) is 21.6. The van der Waals surface area contributed by atoms with Crippen LogP contribution in [0, 0.1) is 12.5 Å². The average Bonchev–Trinajstić information content (AvgIpc) is 3.58. The van der Waals surface area contributed by atoms with Crippen molar-refractivity contribution in [2.45, 2.75) is 6.54 Å². The van der Waals surface area contributed by atoms with Crippen LogP contribution in [-0.4, -0.2) is 57.1 Å². The zero-order valence-corrected chi connectivity index (χ0v) is 20.0. The van der Waals surface area contributed by atoms with E-state index in [9.17, 15) is 9.59 Å². The number of urea groups is 1. The first-order valence-corrected chi connectivity index (χ1v) is 12.3. The van der Waals surface area contributed by atoms with Crippen LogP contribution >= 0.6 is 0 Å². The van der Waals surface area contributed by atoms with E-state index < -0.39 is 0 Å². The number of carbonyl (C=O) groups excluding carboxylic acids is 2. The summed E-state index contributed by atoms with van der Waals surface area (Å²) < 4.78 is 4.23. The Balaban J connectivity index is 1.25. The molecule has 3 aliphatic rings. The van der Waals surface area contributed by atoms with Crippen LogP contribution in [0.5, 0.6) is 0 Å². The zero-order valence-electron chi connectivity index (χ0n) is 20.0. The van der Waals surface area contributed by atoms with Gasteiger partial charge in [-0.1, -0.05) is 24.3 Å². The van der Waals surface area contributed by atoms with Gasteiger partial charge in [0.15, 0.2) is 11.5 Å². The van der Waals surface area contributed by atoms with Gasteiger partial charge in [0.1, 0.15) is 6.54 Å². The van der Waals surface area contributed by atoms with E-state index in [0.717, 1.165) is 52.7 Å². The number of benzene rings is 2. The number of hydrogen-bond donors (Lipinski definition) is 1. The molecule has 2 aromatic carbocycles. The van der Waals surface area contributed by atoms with Crippen LogP contribution in [0.3, 0.4) is 0 Å². The molecule has 0 aliphatic carbocycles. The lowest BCUT2D eigenvalue weighted by atomic mass is 10.0. The van der Waals surface area contributed by atoms with E-state index in [4.69, 9.17) is 6.57 Å². The minimum absolute atomic E-state index is 0.0631. The predicted molar refractivity (Wildman–Crippen MR) is 139 cm³/mol. The summed E-state index contributed by atoms with van der Waals surface area (Å²) in [5.74, 6) is 1.02. The molecule has 0 unspecified atom stereocenters. The molecule has 7 rings (SSSR count). The van der Waals surface area contributed by atoms with Crippen molar-refractivity contribution < 1.29 is 9.59 Å². The number of rotatable bonds is 4. The fourth-order valence-electron chi connectivity index (χ4n) is 5.35. The standard InChI is InChI=1S/C28H23N7O2/c1-29-22-4-2-19(3-5-22)20-11-25-27-31-8-9-33(27)24-7-6-23(10-21(24)16-32(25)15-20)34-17-26(36)35(28(34)37)14-18-12-30-13-18/h2-11,15,18,30H,12-14,16-17H2. The van der Waals surface area contributed by atoms with Gasteiger partial charge in [-0.15, -0.1) is 0 Å². The van der Waals surface area contributed by atoms with E-state index in [2.05, 4.69) is 36.5 Å². The van der Waals surface area contributed by atoms with Crippen LogP contribution in [0.1, 0.15) is 5.56 Å². The molecule has 0 atom stereocenters. The quantitative estimate of drug-likeness (QED) is 0.307. The summed E-state index contributed by atoms with van der Waals surface area (Å²) in [6.45, 7) is 10.0. The molecule has 9 heteroatoms. The fraction of sp³-hybridized carbons (Fsp3) is 0.214. The van der Waals surface area contributed by atoms with E-state index in [1.54, 1.807) is 11.1 Å². The average molecular weight is 490 g/mol. The second-order valence-corrected chi connectivity index (χ2v) is 9.73. The Hall–Kier alpha value is -4.68. The Morgan fingerprint density at radius 1 is 1.03 bits per heavy atom. The molecule has 0 spiro atoms. The number of carbonyl (C=O) groups is 2. The predicted octanol–water partition coefficient (Wildman–Crippen LogP) is 3.91. The molecule has 3 aliphatic heterocycles. The summed E-state index contributed by atoms with van der Waals surface area (Å²) in [6.07, 6.45) is 5.83. The lowest BCUT2D eigenvalue weighted by Crippen LogP contribution is -2.49. The van der Waals surface area contributed by atoms with Crippen LogP contribution in [0.15, 0.2) is 67.1 Å². The van der Waals surface area contributed by atoms with Gasteiger partial charge in [-0.05, 0) is 35.4 Å². The summed E-state index contributed by atoms with van der Waals surface area (Å²) in [7, 11) is 0. The van der Waals surface area contributed by atoms with Gasteiger partial charge >= 0.3 is 6.03 Å². The van der Waals surface area contributed by atoms with Crippen molar-refractivity contribution in [3.63, 3.8) is 0 Å². The molecule has 182 valence electrons. The van der Waals surface area contributed by atoms with Crippen LogP contribution < -0.4 is 10.2 Å². The number of nitrogens with zero attached hydrogens (tertiary/aromatic N) is 6. The second kappa shape index (κ2) is 8.18. The van der Waals surface area contributed by atoms with Gasteiger partial charge in [-0.25, -0.2) is 14.6 Å². The summed E-state index contributed by atoms with van der Waals surface area (Å²) in [4.78, 5) is 36.9. The first-order valence-electron chi connectivity index (χ1n) is 12.3. The summed E-state index contributed by atoms with van der Waals surface area (Å²) in [5, 5.41) is 3.19. The topological polar surface area (TPSA) is 79.8 Å². The maximum atomic E-state index is 13.2. The number of imidazole rings is 1. The highest BCUT2D eigenvalue weighted by Crippen LogP contribution is 2.36. The van der Waals surface area contributed by atoms with Crippen LogP contribution in [0.4, 0.5) is 16.2 Å². The lowest BCUT2D eigenvalue weighted by molar-refractivity contribution is -0.125. The third-order valence-electron chi connectivity index (χ3n) is 7.43. The largest absolute Gasteiger partial charge is 0.340 e. The van der Waals surface area contributed by atoms with Crippen LogP contribution in [0.2, 0.25) is 0 Å². The first-order chi connectivity index (χ1) is 18.1. The summed E-state index contributed by atoms with van der Waals surface area (Å²) in [6, 6.07) is 15.4. The molecule has 5 heterocycles. The third kappa shape index (κ3) is 3.45. The van der Waals surface area contributed by atoms with Gasteiger partial charge in [-0.3, -0.25) is 19.2 Å². The van der Waals surface area contributed by atoms with Crippen molar-refractivity contribution in [2.75, 3.05) is 31.1 Å². The molecule has 4 aromatic rings. The normalized spacial score (nSPS) is 16.6. The smallest absolute Gasteiger partial charge is 0.331 e. The van der Waals surface area contributed by atoms with Gasteiger partial charge < -0.3 is 9.88 Å². The van der Waals surface area contributed by atoms with Crippen molar-refractivity contribution in [1.82, 2.24) is 24.3 Å². The number of hydrogen-bond acceptors (Lipinski definition) is 4. The fourth-order valence-corrected chi connectivity index (χ4v) is 5.35. The Kier molecular flexibility index (Phi) is 4.77. The summed E-state index contributed by atoms with van der Waals surface area (Å²) >= 11 is 0. The van der Waals surface area contributed by atoms with E-state index >= 15 is 0 Å². The molecule has 1 N–H and O–H groups in total. The highest BCUT2D eigenvalue weighted by Gasteiger charge is 2.39. The molecular formula is C28H23N7O2. The van der Waals surface area contributed by atoms with E-state index in [-0.39, 0.29) is 18.5 Å². The number of imide groups is 1. The van der Waals surface area contributed by atoms with Gasteiger partial charge in [0.25, 0.3) is 5.91 Å². The monoisotopic (exact) mass is 489 g/mol. The van der Waals surface area contributed by atoms with Crippen molar-refractivity contribution >= 4 is 23.3 Å². The van der Waals surface area contributed by atoms with Crippen LogP contribution in [-0.2, 0) is 11.3 Å². The zero-order chi connectivity index (χ0) is 25.1. The molecule has 3 amide bonds. The highest BCUT2D eigenvalue weighted by atomic mass is 16.2. The number of anilines is 1. The van der Waals surface area contributed by atoms with Crippen molar-refractivity contribution in [2.24, 2.45) is 5.92 Å². The van der Waals surface area contributed by atoms with Crippen molar-refractivity contribution in [3.8, 4) is 28.3 Å². The molecule has 0 bridgehead atoms. The molecule has 0 saturated carbocycles. The Morgan fingerprint density at radius 3 is 2.62 bits per heavy atom. The third-order valence-corrected chi connectivity index (χ3v) is 7.43. The minimum atomic E-state index is -0.249. The van der Waals surface area contributed by atoms with Crippen LogP contribution in [0.25, 0.3) is 33.2 Å². The molecular weight excluding hydrogens is 466 g/mol. The van der Waals surface area contributed by atoms with E-state index in [1.807, 2.05) is 48.7 Å². The van der Waals surface area contributed by atoms with Gasteiger partial charge in [0.2, 0.25) is 0 Å². The number of fused-ring (bicyclic) bond motifs is 5. The SMILES string of the molecule is [C-]#[N+]c1ccc(-c2cc3n(c2)Cc2cc(N4CC(=O)N(CC5CNC5)C4=O)ccc2-n2ccnc2-3)cc1. The lowest BCUT2D eigenvalue weighted by Gasteiger charge is -2.30. The Labute approximate surface area is 213 Å². The number of nitrogens with one attached hydrogen (secondary N) is 1. The number of amides is 3. The molecule has 2 saturated heterocycles. The van der Waals surface area contributed by atoms with Gasteiger partial charge in [0, 0.05) is 61.9 Å². The maximum absolute atomic E-state index is 13.2. The Bertz CT molecular complexity index is 1600.